The summed E-state index contributed by atoms with van der Waals surface area (Å²) in [5.74, 6) is 2.55. The molecule has 13 nitrogen and oxygen atoms in total. The SMILES string of the molecule is COc1ccc(C(OC[C@H]2O[C@@H](n3nnc4c(N=C(C)N(C)C)ncnc43)[C@H](O)[C@@H]2O[Si](C(C)C)(C(C)C)C(C)C)(c2ccccc2)c2ccc(OC)cc2)cc1. The number of hydrogen-bond acceptors (Lipinski definition) is 11. The smallest absolute Gasteiger partial charge is 0.201 e. The molecule has 0 bridgehead atoms. The normalized spacial score (nSPS) is 19.2. The van der Waals surface area contributed by atoms with Gasteiger partial charge in [0.05, 0.1) is 20.8 Å². The van der Waals surface area contributed by atoms with Crippen molar-refractivity contribution in [1.29, 1.82) is 0 Å². The molecule has 3 aromatic carbocycles. The quantitative estimate of drug-likeness (QED) is 0.0483. The van der Waals surface area contributed by atoms with Crippen LogP contribution in [0.5, 0.6) is 11.5 Å². The van der Waals surface area contributed by atoms with Gasteiger partial charge in [-0.15, -0.1) is 5.10 Å². The Hall–Kier alpha value is -4.73. The molecule has 0 unspecified atom stereocenters. The van der Waals surface area contributed by atoms with Gasteiger partial charge in [-0.1, -0.05) is 101 Å². The van der Waals surface area contributed by atoms with E-state index in [9.17, 15) is 5.11 Å². The third-order valence-corrected chi connectivity index (χ3v) is 17.5. The highest BCUT2D eigenvalue weighted by Gasteiger charge is 2.55. The summed E-state index contributed by atoms with van der Waals surface area (Å²) in [6.07, 6.45) is -2.23. The predicted octanol–water partition coefficient (Wildman–Crippen LogP) is 7.68. The fourth-order valence-electron chi connectivity index (χ4n) is 8.39. The standard InChI is InChI=1S/C43H57N7O6Si/c1-27(2)57(28(3)4,29(5)6)56-39-36(55-42(38(39)51)50-41-37(47-48-50)40(44-26-45-41)46-30(7)49(8)9)25-54-43(31-15-13-12-14-16-31,32-17-21-34(52-10)22-18-32)33-19-23-35(53-11)24-20-33/h12-24,26-29,36,38-39,42,51H,25H2,1-11H3/t36-,38-,39-,42-/m1/s1. The Kier molecular flexibility index (Phi) is 12.8. The lowest BCUT2D eigenvalue weighted by molar-refractivity contribution is -0.0961. The number of rotatable bonds is 15. The highest BCUT2D eigenvalue weighted by molar-refractivity contribution is 6.77. The van der Waals surface area contributed by atoms with E-state index in [4.69, 9.17) is 23.4 Å². The Morgan fingerprint density at radius 1 is 0.842 bits per heavy atom. The maximum absolute atomic E-state index is 12.5. The number of aliphatic hydroxyl groups is 1. The maximum atomic E-state index is 12.5. The van der Waals surface area contributed by atoms with Gasteiger partial charge in [0.2, 0.25) is 8.32 Å². The first kappa shape index (κ1) is 41.9. The zero-order chi connectivity index (χ0) is 41.1. The van der Waals surface area contributed by atoms with E-state index in [0.29, 0.717) is 17.0 Å². The van der Waals surface area contributed by atoms with Crippen LogP contribution in [0.2, 0.25) is 16.6 Å². The third kappa shape index (κ3) is 7.93. The summed E-state index contributed by atoms with van der Waals surface area (Å²) in [6, 6.07) is 25.9. The number of aliphatic imine (C=N–C) groups is 1. The Morgan fingerprint density at radius 2 is 1.39 bits per heavy atom. The van der Waals surface area contributed by atoms with E-state index in [-0.39, 0.29) is 23.2 Å². The van der Waals surface area contributed by atoms with E-state index in [0.717, 1.165) is 34.0 Å². The summed E-state index contributed by atoms with van der Waals surface area (Å²) < 4.78 is 34.3. The number of amidine groups is 1. The van der Waals surface area contributed by atoms with Crippen LogP contribution >= 0.6 is 0 Å². The monoisotopic (exact) mass is 795 g/mol. The van der Waals surface area contributed by atoms with E-state index in [2.05, 4.69) is 78.9 Å². The predicted molar refractivity (Wildman–Crippen MR) is 224 cm³/mol. The van der Waals surface area contributed by atoms with E-state index in [1.165, 1.54) is 11.0 Å². The van der Waals surface area contributed by atoms with Gasteiger partial charge in [0.15, 0.2) is 23.2 Å². The lowest BCUT2D eigenvalue weighted by atomic mass is 9.80. The van der Waals surface area contributed by atoms with Gasteiger partial charge in [-0.25, -0.2) is 15.0 Å². The molecule has 1 saturated heterocycles. The zero-order valence-corrected chi connectivity index (χ0v) is 36.0. The van der Waals surface area contributed by atoms with E-state index < -0.39 is 38.5 Å². The molecule has 1 aliphatic heterocycles. The van der Waals surface area contributed by atoms with Gasteiger partial charge in [-0.2, -0.15) is 4.68 Å². The molecule has 0 saturated carbocycles. The molecule has 14 heteroatoms. The highest BCUT2D eigenvalue weighted by atomic mass is 28.4. The van der Waals surface area contributed by atoms with Gasteiger partial charge in [-0.05, 0) is 64.5 Å². The number of aromatic nitrogens is 5. The Labute approximate surface area is 337 Å². The second-order valence-electron chi connectivity index (χ2n) is 15.7. The number of nitrogens with zero attached hydrogens (tertiary/aromatic N) is 7. The maximum Gasteiger partial charge on any atom is 0.201 e. The molecular formula is C43H57N7O6Si. The molecule has 6 rings (SSSR count). The van der Waals surface area contributed by atoms with Gasteiger partial charge in [0.25, 0.3) is 0 Å². The first-order valence-electron chi connectivity index (χ1n) is 19.6. The minimum Gasteiger partial charge on any atom is -0.497 e. The van der Waals surface area contributed by atoms with Crippen molar-refractivity contribution in [2.45, 2.75) is 95.2 Å². The second-order valence-corrected chi connectivity index (χ2v) is 21.1. The molecule has 0 amide bonds. The largest absolute Gasteiger partial charge is 0.497 e. The van der Waals surface area contributed by atoms with Crippen LogP contribution in [0.3, 0.4) is 0 Å². The van der Waals surface area contributed by atoms with Gasteiger partial charge in [0, 0.05) is 14.1 Å². The van der Waals surface area contributed by atoms with Crippen LogP contribution < -0.4 is 9.47 Å². The van der Waals surface area contributed by atoms with Crippen LogP contribution in [-0.4, -0.2) is 102 Å². The third-order valence-electron chi connectivity index (χ3n) is 11.4. The molecule has 0 spiro atoms. The zero-order valence-electron chi connectivity index (χ0n) is 35.0. The summed E-state index contributed by atoms with van der Waals surface area (Å²) in [4.78, 5) is 15.5. The topological polar surface area (TPSA) is 138 Å². The molecule has 5 aromatic rings. The van der Waals surface area contributed by atoms with Gasteiger partial charge < -0.3 is 33.4 Å². The summed E-state index contributed by atoms with van der Waals surface area (Å²) in [5, 5.41) is 21.4. The van der Waals surface area contributed by atoms with Crippen LogP contribution in [-0.2, 0) is 19.5 Å². The summed E-state index contributed by atoms with van der Waals surface area (Å²) in [7, 11) is 4.53. The van der Waals surface area contributed by atoms with Crippen molar-refractivity contribution in [2.75, 3.05) is 34.9 Å². The lowest BCUT2D eigenvalue weighted by Gasteiger charge is -2.45. The van der Waals surface area contributed by atoms with Gasteiger partial charge in [0.1, 0.15) is 47.6 Å². The number of aliphatic hydroxyl groups excluding tert-OH is 1. The molecule has 3 heterocycles. The van der Waals surface area contributed by atoms with E-state index in [1.54, 1.807) is 14.2 Å². The molecule has 4 atom stereocenters. The minimum absolute atomic E-state index is 0.0448. The molecule has 0 radical (unpaired) electrons. The number of methoxy groups -OCH3 is 2. The molecule has 304 valence electrons. The molecule has 1 fully saturated rings. The van der Waals surface area contributed by atoms with Crippen LogP contribution in [0.1, 0.15) is 71.4 Å². The summed E-state index contributed by atoms with van der Waals surface area (Å²) in [6.45, 7) is 15.3. The number of ether oxygens (including phenoxy) is 4. The first-order valence-corrected chi connectivity index (χ1v) is 21.7. The van der Waals surface area contributed by atoms with Crippen molar-refractivity contribution in [3.63, 3.8) is 0 Å². The minimum atomic E-state index is -2.59. The van der Waals surface area contributed by atoms with Gasteiger partial charge in [-0.3, -0.25) is 0 Å². The van der Waals surface area contributed by atoms with Crippen LogP contribution in [0.25, 0.3) is 11.2 Å². The average Bonchev–Trinajstić information content (AvgIpc) is 3.77. The molecule has 57 heavy (non-hydrogen) atoms. The van der Waals surface area contributed by atoms with E-state index in [1.807, 2.05) is 92.6 Å². The molecule has 0 aliphatic carbocycles. The van der Waals surface area contributed by atoms with Crippen molar-refractivity contribution >= 4 is 31.1 Å². The fourth-order valence-corrected chi connectivity index (χ4v) is 14.0. The Morgan fingerprint density at radius 3 is 1.89 bits per heavy atom. The van der Waals surface area contributed by atoms with E-state index >= 15 is 0 Å². The number of fused-ring (bicyclic) bond motifs is 1. The lowest BCUT2D eigenvalue weighted by Crippen LogP contribution is -2.54. The van der Waals surface area contributed by atoms with Crippen molar-refractivity contribution in [3.8, 4) is 11.5 Å². The van der Waals surface area contributed by atoms with Crippen LogP contribution in [0, 0.1) is 0 Å². The molecule has 1 aliphatic rings. The Bertz CT molecular complexity index is 2040. The fraction of sp³-hybridized carbons (Fsp3) is 0.465. The van der Waals surface area contributed by atoms with Crippen molar-refractivity contribution in [1.82, 2.24) is 29.9 Å². The molecular weight excluding hydrogens is 739 g/mol. The molecule has 1 N–H and O–H groups in total. The van der Waals surface area contributed by atoms with Crippen molar-refractivity contribution in [3.05, 3.63) is 102 Å². The van der Waals surface area contributed by atoms with Crippen molar-refractivity contribution < 1.29 is 28.5 Å². The summed E-state index contributed by atoms with van der Waals surface area (Å²) >= 11 is 0. The number of benzene rings is 3. The van der Waals surface area contributed by atoms with Crippen LogP contribution in [0.4, 0.5) is 5.82 Å². The first-order chi connectivity index (χ1) is 27.3. The summed E-state index contributed by atoms with van der Waals surface area (Å²) in [5.41, 5.74) is 3.05. The second kappa shape index (κ2) is 17.4. The van der Waals surface area contributed by atoms with Crippen molar-refractivity contribution in [2.24, 2.45) is 4.99 Å². The highest BCUT2D eigenvalue weighted by Crippen LogP contribution is 2.47. The Balaban J connectivity index is 1.49. The molecule has 2 aromatic heterocycles. The number of hydrogen-bond donors (Lipinski definition) is 1. The average molecular weight is 796 g/mol. The van der Waals surface area contributed by atoms with Gasteiger partial charge >= 0.3 is 0 Å². The van der Waals surface area contributed by atoms with Crippen LogP contribution in [0.15, 0.2) is 90.2 Å².